The SMILES string of the molecule is O=C(/C=C/c1cccc(F)c1)Nc1cc(Br)c[nH]c1=O. The molecule has 0 unspecified atom stereocenters. The summed E-state index contributed by atoms with van der Waals surface area (Å²) in [5.41, 5.74) is 0.289. The maximum absolute atomic E-state index is 13.0. The van der Waals surface area contributed by atoms with Gasteiger partial charge in [0.25, 0.3) is 5.56 Å². The number of anilines is 1. The highest BCUT2D eigenvalue weighted by Crippen LogP contribution is 2.10. The van der Waals surface area contributed by atoms with Crippen molar-refractivity contribution in [3.63, 3.8) is 0 Å². The minimum absolute atomic E-state index is 0.133. The Balaban J connectivity index is 2.09. The predicted octanol–water partition coefficient (Wildman–Crippen LogP) is 2.93. The van der Waals surface area contributed by atoms with E-state index in [2.05, 4.69) is 26.2 Å². The van der Waals surface area contributed by atoms with E-state index in [9.17, 15) is 14.0 Å². The summed E-state index contributed by atoms with van der Waals surface area (Å²) in [6, 6.07) is 7.32. The summed E-state index contributed by atoms with van der Waals surface area (Å²) in [5, 5.41) is 2.44. The second kappa shape index (κ2) is 6.29. The minimum atomic E-state index is -0.474. The van der Waals surface area contributed by atoms with Gasteiger partial charge in [0.05, 0.1) is 0 Å². The highest BCUT2D eigenvalue weighted by molar-refractivity contribution is 9.10. The minimum Gasteiger partial charge on any atom is -0.326 e. The van der Waals surface area contributed by atoms with Crippen LogP contribution in [0.25, 0.3) is 6.08 Å². The standard InChI is InChI=1S/C14H10BrFN2O2/c15-10-7-12(14(20)17-8-10)18-13(19)5-4-9-2-1-3-11(16)6-9/h1-8H,(H,17,20)(H,18,19)/b5-4+. The van der Waals surface area contributed by atoms with Gasteiger partial charge in [-0.25, -0.2) is 4.39 Å². The Kier molecular flexibility index (Phi) is 4.47. The molecule has 20 heavy (non-hydrogen) atoms. The molecule has 0 saturated heterocycles. The molecule has 2 aromatic rings. The van der Waals surface area contributed by atoms with Gasteiger partial charge in [0.1, 0.15) is 11.5 Å². The van der Waals surface area contributed by atoms with Gasteiger partial charge in [0.2, 0.25) is 5.91 Å². The monoisotopic (exact) mass is 336 g/mol. The maximum atomic E-state index is 13.0. The van der Waals surface area contributed by atoms with Crippen LogP contribution in [0, 0.1) is 5.82 Å². The van der Waals surface area contributed by atoms with Crippen LogP contribution in [0.5, 0.6) is 0 Å². The van der Waals surface area contributed by atoms with Crippen molar-refractivity contribution in [2.45, 2.75) is 0 Å². The smallest absolute Gasteiger partial charge is 0.271 e. The number of halogens is 2. The molecule has 0 bridgehead atoms. The molecule has 1 amide bonds. The van der Waals surface area contributed by atoms with Gasteiger partial charge in [-0.3, -0.25) is 9.59 Å². The molecule has 0 spiro atoms. The first kappa shape index (κ1) is 14.2. The van der Waals surface area contributed by atoms with E-state index in [-0.39, 0.29) is 11.5 Å². The number of H-pyrrole nitrogens is 1. The van der Waals surface area contributed by atoms with Crippen LogP contribution in [0.15, 0.2) is 51.9 Å². The lowest BCUT2D eigenvalue weighted by molar-refractivity contribution is -0.111. The fourth-order valence-corrected chi connectivity index (χ4v) is 1.85. The van der Waals surface area contributed by atoms with Crippen LogP contribution < -0.4 is 10.9 Å². The molecular weight excluding hydrogens is 327 g/mol. The Labute approximate surface area is 122 Å². The number of amides is 1. The van der Waals surface area contributed by atoms with Crippen molar-refractivity contribution in [3.8, 4) is 0 Å². The van der Waals surface area contributed by atoms with E-state index in [4.69, 9.17) is 0 Å². The van der Waals surface area contributed by atoms with Crippen molar-refractivity contribution in [1.82, 2.24) is 4.98 Å². The quantitative estimate of drug-likeness (QED) is 0.846. The summed E-state index contributed by atoms with van der Waals surface area (Å²) in [5.74, 6) is -0.853. The van der Waals surface area contributed by atoms with Crippen molar-refractivity contribution in [3.05, 3.63) is 68.8 Å². The normalized spacial score (nSPS) is 10.7. The second-order valence-electron chi connectivity index (χ2n) is 3.94. The van der Waals surface area contributed by atoms with E-state index in [1.165, 1.54) is 36.5 Å². The lowest BCUT2D eigenvalue weighted by Gasteiger charge is -2.01. The van der Waals surface area contributed by atoms with Gasteiger partial charge in [0, 0.05) is 16.7 Å². The third-order valence-corrected chi connectivity index (χ3v) is 2.86. The van der Waals surface area contributed by atoms with Gasteiger partial charge in [-0.2, -0.15) is 0 Å². The van der Waals surface area contributed by atoms with Crippen molar-refractivity contribution in [1.29, 1.82) is 0 Å². The molecule has 0 aliphatic carbocycles. The van der Waals surface area contributed by atoms with Crippen LogP contribution in [0.1, 0.15) is 5.56 Å². The Hall–Kier alpha value is -2.21. The number of aromatic nitrogens is 1. The van der Waals surface area contributed by atoms with Crippen LogP contribution >= 0.6 is 15.9 Å². The number of pyridine rings is 1. The van der Waals surface area contributed by atoms with E-state index in [1.54, 1.807) is 12.1 Å². The van der Waals surface area contributed by atoms with E-state index in [0.717, 1.165) is 0 Å². The summed E-state index contributed by atoms with van der Waals surface area (Å²) >= 11 is 3.19. The number of hydrogen-bond acceptors (Lipinski definition) is 2. The van der Waals surface area contributed by atoms with Gasteiger partial charge in [0.15, 0.2) is 0 Å². The first-order valence-corrected chi connectivity index (χ1v) is 6.47. The number of rotatable bonds is 3. The van der Waals surface area contributed by atoms with Gasteiger partial charge < -0.3 is 10.3 Å². The van der Waals surface area contributed by atoms with Crippen molar-refractivity contribution < 1.29 is 9.18 Å². The second-order valence-corrected chi connectivity index (χ2v) is 4.85. The van der Waals surface area contributed by atoms with Gasteiger partial charge in [-0.15, -0.1) is 0 Å². The Morgan fingerprint density at radius 2 is 2.15 bits per heavy atom. The van der Waals surface area contributed by atoms with Crippen molar-refractivity contribution in [2.24, 2.45) is 0 Å². The zero-order valence-electron chi connectivity index (χ0n) is 10.2. The maximum Gasteiger partial charge on any atom is 0.271 e. The fourth-order valence-electron chi connectivity index (χ4n) is 1.51. The Morgan fingerprint density at radius 3 is 2.90 bits per heavy atom. The van der Waals surface area contributed by atoms with Crippen LogP contribution in [0.3, 0.4) is 0 Å². The third-order valence-electron chi connectivity index (χ3n) is 2.40. The first-order valence-electron chi connectivity index (χ1n) is 5.67. The first-order chi connectivity index (χ1) is 9.54. The number of hydrogen-bond donors (Lipinski definition) is 2. The largest absolute Gasteiger partial charge is 0.326 e. The number of aromatic amines is 1. The topological polar surface area (TPSA) is 62.0 Å². The third kappa shape index (κ3) is 3.89. The molecule has 1 heterocycles. The van der Waals surface area contributed by atoms with Crippen molar-refractivity contribution in [2.75, 3.05) is 5.32 Å². The average Bonchev–Trinajstić information content (AvgIpc) is 2.41. The summed E-state index contributed by atoms with van der Waals surface area (Å²) in [4.78, 5) is 25.6. The summed E-state index contributed by atoms with van der Waals surface area (Å²) in [6.07, 6.45) is 4.17. The summed E-state index contributed by atoms with van der Waals surface area (Å²) < 4.78 is 13.6. The zero-order valence-corrected chi connectivity index (χ0v) is 11.8. The number of carbonyl (C=O) groups excluding carboxylic acids is 1. The highest BCUT2D eigenvalue weighted by Gasteiger charge is 2.03. The lowest BCUT2D eigenvalue weighted by atomic mass is 10.2. The highest BCUT2D eigenvalue weighted by atomic mass is 79.9. The van der Waals surface area contributed by atoms with E-state index in [0.29, 0.717) is 10.0 Å². The molecular formula is C14H10BrFN2O2. The molecule has 1 aromatic heterocycles. The van der Waals surface area contributed by atoms with E-state index >= 15 is 0 Å². The van der Waals surface area contributed by atoms with Crippen LogP contribution in [0.2, 0.25) is 0 Å². The van der Waals surface area contributed by atoms with Gasteiger partial charge in [-0.05, 0) is 45.8 Å². The van der Waals surface area contributed by atoms with Crippen LogP contribution in [-0.2, 0) is 4.79 Å². The van der Waals surface area contributed by atoms with Gasteiger partial charge >= 0.3 is 0 Å². The van der Waals surface area contributed by atoms with E-state index in [1.807, 2.05) is 0 Å². The number of carbonyl (C=O) groups is 1. The summed E-state index contributed by atoms with van der Waals surface area (Å²) in [7, 11) is 0. The molecule has 0 aliphatic rings. The molecule has 2 rings (SSSR count). The molecule has 6 heteroatoms. The zero-order chi connectivity index (χ0) is 14.5. The Bertz CT molecular complexity index is 725. The molecule has 0 aliphatic heterocycles. The molecule has 1 aromatic carbocycles. The molecule has 0 saturated carbocycles. The Morgan fingerprint density at radius 1 is 1.35 bits per heavy atom. The molecule has 102 valence electrons. The van der Waals surface area contributed by atoms with Crippen LogP contribution in [0.4, 0.5) is 10.1 Å². The van der Waals surface area contributed by atoms with Crippen molar-refractivity contribution >= 4 is 33.6 Å². The molecule has 2 N–H and O–H groups in total. The number of benzene rings is 1. The van der Waals surface area contributed by atoms with E-state index < -0.39 is 11.5 Å². The lowest BCUT2D eigenvalue weighted by Crippen LogP contribution is -2.17. The van der Waals surface area contributed by atoms with Gasteiger partial charge in [-0.1, -0.05) is 12.1 Å². The molecule has 0 radical (unpaired) electrons. The predicted molar refractivity (Wildman–Crippen MR) is 78.8 cm³/mol. The molecule has 4 nitrogen and oxygen atoms in total. The fraction of sp³-hybridized carbons (Fsp3) is 0. The average molecular weight is 337 g/mol. The summed E-state index contributed by atoms with van der Waals surface area (Å²) in [6.45, 7) is 0. The molecule has 0 atom stereocenters. The van der Waals surface area contributed by atoms with Crippen LogP contribution in [-0.4, -0.2) is 10.9 Å². The number of nitrogens with one attached hydrogen (secondary N) is 2. The molecule has 0 fully saturated rings.